The van der Waals surface area contributed by atoms with Gasteiger partial charge in [0.25, 0.3) is 5.91 Å². The van der Waals surface area contributed by atoms with Crippen molar-refractivity contribution in [3.63, 3.8) is 0 Å². The first-order valence-corrected chi connectivity index (χ1v) is 8.50. The van der Waals surface area contributed by atoms with Crippen LogP contribution < -0.4 is 10.6 Å². The van der Waals surface area contributed by atoms with Gasteiger partial charge in [0, 0.05) is 20.0 Å². The van der Waals surface area contributed by atoms with Gasteiger partial charge in [0.15, 0.2) is 6.20 Å². The highest BCUT2D eigenvalue weighted by molar-refractivity contribution is 5.77. The third kappa shape index (κ3) is 13.9. The van der Waals surface area contributed by atoms with Crippen molar-refractivity contribution in [1.82, 2.24) is 10.6 Å². The summed E-state index contributed by atoms with van der Waals surface area (Å²) in [6.07, 6.45) is 6.62. The van der Waals surface area contributed by atoms with Crippen LogP contribution in [0.1, 0.15) is 33.1 Å². The van der Waals surface area contributed by atoms with Gasteiger partial charge in [-0.3, -0.25) is 9.59 Å². The van der Waals surface area contributed by atoms with Crippen molar-refractivity contribution in [3.8, 4) is 0 Å². The Bertz CT molecular complexity index is 397. The molecule has 24 heavy (non-hydrogen) atoms. The van der Waals surface area contributed by atoms with Crippen LogP contribution in [0.5, 0.6) is 0 Å². The van der Waals surface area contributed by atoms with Crippen LogP contribution in [0.4, 0.5) is 0 Å². The molecule has 0 fully saturated rings. The third-order valence-electron chi connectivity index (χ3n) is 3.17. The number of nitrogens with zero attached hydrogens (tertiary/aromatic N) is 1. The summed E-state index contributed by atoms with van der Waals surface area (Å²) in [5.41, 5.74) is 0. The molecule has 0 saturated heterocycles. The van der Waals surface area contributed by atoms with Crippen molar-refractivity contribution in [2.75, 3.05) is 46.1 Å². The summed E-state index contributed by atoms with van der Waals surface area (Å²) in [4.78, 5) is 23.0. The second-order valence-electron chi connectivity index (χ2n) is 5.19. The van der Waals surface area contributed by atoms with Gasteiger partial charge in [-0.25, -0.2) is 4.58 Å². The number of carbonyl (C=O) groups is 2. The molecule has 0 spiro atoms. The Hall–Kier alpha value is -1.73. The van der Waals surface area contributed by atoms with E-state index in [2.05, 4.69) is 24.1 Å². The van der Waals surface area contributed by atoms with Crippen molar-refractivity contribution >= 4 is 18.0 Å². The number of hydrogen-bond acceptors (Lipinski definition) is 4. The quantitative estimate of drug-likeness (QED) is 0.261. The van der Waals surface area contributed by atoms with Crippen LogP contribution in [0.2, 0.25) is 0 Å². The van der Waals surface area contributed by atoms with Crippen molar-refractivity contribution in [2.45, 2.75) is 33.1 Å². The van der Waals surface area contributed by atoms with Crippen molar-refractivity contribution < 1.29 is 23.6 Å². The average molecular weight is 342 g/mol. The van der Waals surface area contributed by atoms with E-state index in [1.54, 1.807) is 17.0 Å². The SMILES string of the molecule is C=C[N+](=CC)CC(=O)NCCOCCOCC(=O)NCCCCC. The van der Waals surface area contributed by atoms with E-state index in [1.807, 2.05) is 6.92 Å². The fourth-order valence-corrected chi connectivity index (χ4v) is 1.78. The third-order valence-corrected chi connectivity index (χ3v) is 3.17. The molecule has 0 unspecified atom stereocenters. The summed E-state index contributed by atoms with van der Waals surface area (Å²) >= 11 is 0. The first kappa shape index (κ1) is 22.3. The van der Waals surface area contributed by atoms with E-state index < -0.39 is 0 Å². The Morgan fingerprint density at radius 3 is 2.42 bits per heavy atom. The Labute approximate surface area is 145 Å². The lowest BCUT2D eigenvalue weighted by molar-refractivity contribution is -0.439. The molecule has 138 valence electrons. The smallest absolute Gasteiger partial charge is 0.286 e. The predicted molar refractivity (Wildman–Crippen MR) is 94.2 cm³/mol. The monoisotopic (exact) mass is 342 g/mol. The molecule has 0 aliphatic rings. The van der Waals surface area contributed by atoms with E-state index in [0.29, 0.717) is 32.9 Å². The topological polar surface area (TPSA) is 79.7 Å². The largest absolute Gasteiger partial charge is 0.377 e. The lowest BCUT2D eigenvalue weighted by Gasteiger charge is -2.07. The highest BCUT2D eigenvalue weighted by Crippen LogP contribution is 1.91. The van der Waals surface area contributed by atoms with E-state index >= 15 is 0 Å². The van der Waals surface area contributed by atoms with E-state index in [1.165, 1.54) is 0 Å². The molecule has 7 nitrogen and oxygen atoms in total. The Kier molecular flexibility index (Phi) is 15.0. The van der Waals surface area contributed by atoms with Crippen LogP contribution >= 0.6 is 0 Å². The molecular weight excluding hydrogens is 310 g/mol. The van der Waals surface area contributed by atoms with Crippen molar-refractivity contribution in [2.24, 2.45) is 0 Å². The van der Waals surface area contributed by atoms with Crippen LogP contribution in [0, 0.1) is 0 Å². The van der Waals surface area contributed by atoms with Gasteiger partial charge < -0.3 is 20.1 Å². The summed E-state index contributed by atoms with van der Waals surface area (Å²) in [5.74, 6) is -0.189. The molecule has 0 aromatic heterocycles. The summed E-state index contributed by atoms with van der Waals surface area (Å²) in [6.45, 7) is 10.1. The van der Waals surface area contributed by atoms with Crippen molar-refractivity contribution in [3.05, 3.63) is 12.8 Å². The van der Waals surface area contributed by atoms with E-state index in [9.17, 15) is 9.59 Å². The predicted octanol–water partition coefficient (Wildman–Crippen LogP) is 0.689. The minimum Gasteiger partial charge on any atom is -0.377 e. The summed E-state index contributed by atoms with van der Waals surface area (Å²) in [7, 11) is 0. The summed E-state index contributed by atoms with van der Waals surface area (Å²) < 4.78 is 12.2. The standard InChI is InChI=1S/C17H31N3O4/c1-4-7-8-9-18-17(22)15-24-13-12-23-11-10-19-16(21)14-20(5-2)6-3/h5-6H,2,4,7-15H2,1,3H3,(H-,18,19,21,22)/p+1. The van der Waals surface area contributed by atoms with Gasteiger partial charge in [0.1, 0.15) is 12.8 Å². The summed E-state index contributed by atoms with van der Waals surface area (Å²) in [6, 6.07) is 0. The van der Waals surface area contributed by atoms with Gasteiger partial charge in [-0.2, -0.15) is 0 Å². The number of nitrogens with one attached hydrogen (secondary N) is 2. The lowest BCUT2D eigenvalue weighted by Crippen LogP contribution is -2.33. The molecule has 0 atom stereocenters. The summed E-state index contributed by atoms with van der Waals surface area (Å²) in [5, 5.41) is 5.55. The zero-order chi connectivity index (χ0) is 18.0. The van der Waals surface area contributed by atoms with Crippen molar-refractivity contribution in [1.29, 1.82) is 0 Å². The molecule has 7 heteroatoms. The molecule has 0 heterocycles. The minimum atomic E-state index is -0.0992. The first-order valence-electron chi connectivity index (χ1n) is 8.50. The maximum absolute atomic E-state index is 11.6. The maximum Gasteiger partial charge on any atom is 0.286 e. The maximum atomic E-state index is 11.6. The van der Waals surface area contributed by atoms with Gasteiger partial charge in [-0.1, -0.05) is 19.8 Å². The number of carbonyl (C=O) groups excluding carboxylic acids is 2. The molecule has 0 saturated carbocycles. The van der Waals surface area contributed by atoms with Gasteiger partial charge in [0.2, 0.25) is 12.5 Å². The molecule has 0 aliphatic carbocycles. The van der Waals surface area contributed by atoms with Crippen LogP contribution in [-0.2, 0) is 19.1 Å². The molecule has 0 bridgehead atoms. The zero-order valence-corrected chi connectivity index (χ0v) is 15.0. The molecule has 0 rings (SSSR count). The number of unbranched alkanes of at least 4 members (excludes halogenated alkanes) is 2. The first-order chi connectivity index (χ1) is 11.6. The van der Waals surface area contributed by atoms with Crippen LogP contribution in [0.15, 0.2) is 12.8 Å². The fourth-order valence-electron chi connectivity index (χ4n) is 1.78. The van der Waals surface area contributed by atoms with Gasteiger partial charge in [0.05, 0.1) is 19.8 Å². The second kappa shape index (κ2) is 16.1. The molecule has 0 aliphatic heterocycles. The molecule has 0 aromatic carbocycles. The Balaban J connectivity index is 3.40. The van der Waals surface area contributed by atoms with Gasteiger partial charge in [-0.05, 0) is 13.0 Å². The minimum absolute atomic E-state index is 0.0527. The lowest BCUT2D eigenvalue weighted by atomic mass is 10.2. The second-order valence-corrected chi connectivity index (χ2v) is 5.19. The molecular formula is C17H32N3O4+. The Morgan fingerprint density at radius 1 is 1.04 bits per heavy atom. The fraction of sp³-hybridized carbons (Fsp3) is 0.706. The van der Waals surface area contributed by atoms with Crippen LogP contribution in [0.3, 0.4) is 0 Å². The molecule has 2 amide bonds. The van der Waals surface area contributed by atoms with E-state index in [-0.39, 0.29) is 25.0 Å². The van der Waals surface area contributed by atoms with Crippen LogP contribution in [0.25, 0.3) is 0 Å². The van der Waals surface area contributed by atoms with E-state index in [4.69, 9.17) is 9.47 Å². The number of ether oxygens (including phenoxy) is 2. The van der Waals surface area contributed by atoms with Gasteiger partial charge in [-0.15, -0.1) is 0 Å². The average Bonchev–Trinajstić information content (AvgIpc) is 2.58. The number of amides is 2. The van der Waals surface area contributed by atoms with Crippen LogP contribution in [-0.4, -0.2) is 68.7 Å². The zero-order valence-electron chi connectivity index (χ0n) is 15.0. The number of rotatable bonds is 15. The molecule has 0 aromatic rings. The highest BCUT2D eigenvalue weighted by Gasteiger charge is 2.07. The molecule has 0 radical (unpaired) electrons. The number of hydrogen-bond donors (Lipinski definition) is 2. The highest BCUT2D eigenvalue weighted by atomic mass is 16.5. The Morgan fingerprint density at radius 2 is 1.75 bits per heavy atom. The van der Waals surface area contributed by atoms with E-state index in [0.717, 1.165) is 19.3 Å². The molecule has 2 N–H and O–H groups in total. The normalized spacial score (nSPS) is 11.2. The van der Waals surface area contributed by atoms with Gasteiger partial charge >= 0.3 is 0 Å².